The van der Waals surface area contributed by atoms with Gasteiger partial charge in [-0.1, -0.05) is 36.7 Å². The lowest BCUT2D eigenvalue weighted by Gasteiger charge is -2.26. The fourth-order valence-electron chi connectivity index (χ4n) is 1.21. The van der Waals surface area contributed by atoms with Crippen LogP contribution in [0.4, 0.5) is 4.39 Å². The van der Waals surface area contributed by atoms with Crippen LogP contribution in [0.3, 0.4) is 0 Å². The van der Waals surface area contributed by atoms with E-state index in [4.69, 9.17) is 0 Å². The van der Waals surface area contributed by atoms with E-state index < -0.39 is 6.10 Å². The quantitative estimate of drug-likeness (QED) is 0.875. The molecule has 1 aromatic carbocycles. The summed E-state index contributed by atoms with van der Waals surface area (Å²) in [4.78, 5) is 0. The number of benzene rings is 1. The van der Waals surface area contributed by atoms with Gasteiger partial charge in [0, 0.05) is 10.9 Å². The van der Waals surface area contributed by atoms with Crippen molar-refractivity contribution in [3.05, 3.63) is 34.1 Å². The first kappa shape index (κ1) is 12.7. The molecule has 0 fully saturated rings. The highest BCUT2D eigenvalue weighted by molar-refractivity contribution is 9.10. The first-order chi connectivity index (χ1) is 6.80. The van der Waals surface area contributed by atoms with Gasteiger partial charge in [0.05, 0.1) is 6.10 Å². The van der Waals surface area contributed by atoms with E-state index in [-0.39, 0.29) is 11.2 Å². The lowest BCUT2D eigenvalue weighted by Crippen LogP contribution is -2.28. The predicted molar refractivity (Wildman–Crippen MR) is 63.3 cm³/mol. The summed E-state index contributed by atoms with van der Waals surface area (Å²) >= 11 is 3.35. The summed E-state index contributed by atoms with van der Waals surface area (Å²) < 4.78 is 13.8. The summed E-state index contributed by atoms with van der Waals surface area (Å²) in [6, 6.07) is 4.52. The molecule has 0 aromatic heterocycles. The van der Waals surface area contributed by atoms with Crippen LogP contribution in [0, 0.1) is 11.2 Å². The van der Waals surface area contributed by atoms with Crippen LogP contribution >= 0.6 is 15.9 Å². The zero-order chi connectivity index (χ0) is 11.6. The smallest absolute Gasteiger partial charge is 0.123 e. The first-order valence-electron chi connectivity index (χ1n) is 4.92. The largest absolute Gasteiger partial charge is 0.392 e. The molecular weight excluding hydrogens is 259 g/mol. The van der Waals surface area contributed by atoms with Crippen LogP contribution in [0.1, 0.15) is 26.3 Å². The van der Waals surface area contributed by atoms with Gasteiger partial charge in [-0.25, -0.2) is 4.39 Å². The van der Waals surface area contributed by atoms with Gasteiger partial charge in [0.25, 0.3) is 0 Å². The zero-order valence-electron chi connectivity index (χ0n) is 9.22. The highest BCUT2D eigenvalue weighted by Crippen LogP contribution is 2.26. The Morgan fingerprint density at radius 2 is 2.00 bits per heavy atom. The monoisotopic (exact) mass is 274 g/mol. The maximum atomic E-state index is 13.0. The molecule has 1 N–H and O–H groups in total. The molecule has 0 spiro atoms. The van der Waals surface area contributed by atoms with E-state index in [0.717, 1.165) is 10.0 Å². The summed E-state index contributed by atoms with van der Waals surface area (Å²) in [5, 5.41) is 9.91. The number of aliphatic hydroxyl groups excluding tert-OH is 1. The molecule has 1 unspecified atom stereocenters. The van der Waals surface area contributed by atoms with Crippen LogP contribution in [0.2, 0.25) is 0 Å². The Morgan fingerprint density at radius 3 is 2.53 bits per heavy atom. The molecule has 0 aliphatic rings. The lowest BCUT2D eigenvalue weighted by atomic mass is 9.85. The average Bonchev–Trinajstić information content (AvgIpc) is 2.09. The highest BCUT2D eigenvalue weighted by Gasteiger charge is 2.23. The average molecular weight is 275 g/mol. The number of rotatable bonds is 2. The van der Waals surface area contributed by atoms with Gasteiger partial charge in [-0.05, 0) is 29.2 Å². The predicted octanol–water partition coefficient (Wildman–Crippen LogP) is 3.54. The van der Waals surface area contributed by atoms with Crippen molar-refractivity contribution in [3.63, 3.8) is 0 Å². The molecule has 0 saturated carbocycles. The van der Waals surface area contributed by atoms with Gasteiger partial charge < -0.3 is 5.11 Å². The Hall–Kier alpha value is -0.410. The maximum Gasteiger partial charge on any atom is 0.123 e. The van der Waals surface area contributed by atoms with Gasteiger partial charge in [0.2, 0.25) is 0 Å². The number of halogens is 2. The fourth-order valence-corrected chi connectivity index (χ4v) is 1.62. The third-order valence-corrected chi connectivity index (χ3v) is 3.19. The molecule has 3 heteroatoms. The van der Waals surface area contributed by atoms with Gasteiger partial charge in [-0.3, -0.25) is 0 Å². The SMILES string of the molecule is CC(C)(C)C(O)Cc1cc(F)ccc1Br. The second kappa shape index (κ2) is 4.62. The molecule has 84 valence electrons. The Morgan fingerprint density at radius 1 is 1.40 bits per heavy atom. The Balaban J connectivity index is 2.85. The van der Waals surface area contributed by atoms with E-state index >= 15 is 0 Å². The van der Waals surface area contributed by atoms with Crippen molar-refractivity contribution in [1.29, 1.82) is 0 Å². The van der Waals surface area contributed by atoms with Crippen molar-refractivity contribution >= 4 is 15.9 Å². The van der Waals surface area contributed by atoms with Crippen molar-refractivity contribution in [2.24, 2.45) is 5.41 Å². The molecule has 0 aliphatic heterocycles. The third-order valence-electron chi connectivity index (χ3n) is 2.42. The molecule has 1 atom stereocenters. The van der Waals surface area contributed by atoms with Crippen LogP contribution < -0.4 is 0 Å². The molecule has 15 heavy (non-hydrogen) atoms. The molecule has 0 aliphatic carbocycles. The van der Waals surface area contributed by atoms with Crippen LogP contribution in [0.15, 0.2) is 22.7 Å². The van der Waals surface area contributed by atoms with Gasteiger partial charge in [-0.2, -0.15) is 0 Å². The molecule has 0 heterocycles. The summed E-state index contributed by atoms with van der Waals surface area (Å²) in [6.45, 7) is 5.89. The van der Waals surface area contributed by atoms with Crippen molar-refractivity contribution in [2.45, 2.75) is 33.3 Å². The minimum atomic E-state index is -0.476. The summed E-state index contributed by atoms with van der Waals surface area (Å²) in [6.07, 6.45) is -0.0161. The minimum absolute atomic E-state index is 0.189. The molecular formula is C12H16BrFO. The molecule has 0 radical (unpaired) electrons. The fraction of sp³-hybridized carbons (Fsp3) is 0.500. The van der Waals surface area contributed by atoms with E-state index in [0.29, 0.717) is 6.42 Å². The second-order valence-corrected chi connectivity index (χ2v) is 5.68. The minimum Gasteiger partial charge on any atom is -0.392 e. The first-order valence-corrected chi connectivity index (χ1v) is 5.72. The van der Waals surface area contributed by atoms with Gasteiger partial charge >= 0.3 is 0 Å². The lowest BCUT2D eigenvalue weighted by molar-refractivity contribution is 0.0634. The molecule has 0 saturated heterocycles. The maximum absolute atomic E-state index is 13.0. The van der Waals surface area contributed by atoms with Crippen molar-refractivity contribution < 1.29 is 9.50 Å². The summed E-state index contributed by atoms with van der Waals surface area (Å²) in [5.74, 6) is -0.269. The normalized spacial score (nSPS) is 14.0. The standard InChI is InChI=1S/C12H16BrFO/c1-12(2,3)11(15)7-8-6-9(14)4-5-10(8)13/h4-6,11,15H,7H2,1-3H3. The van der Waals surface area contributed by atoms with E-state index in [1.807, 2.05) is 20.8 Å². The van der Waals surface area contributed by atoms with E-state index in [1.54, 1.807) is 6.07 Å². The van der Waals surface area contributed by atoms with Crippen LogP contribution in [0.5, 0.6) is 0 Å². The number of hydrogen-bond acceptors (Lipinski definition) is 1. The molecule has 1 rings (SSSR count). The molecule has 1 nitrogen and oxygen atoms in total. The Bertz CT molecular complexity index is 344. The molecule has 1 aromatic rings. The van der Waals surface area contributed by atoms with Crippen molar-refractivity contribution in [1.82, 2.24) is 0 Å². The van der Waals surface area contributed by atoms with Gasteiger partial charge in [0.15, 0.2) is 0 Å². The molecule has 0 amide bonds. The third kappa shape index (κ3) is 3.58. The van der Waals surface area contributed by atoms with E-state index in [1.165, 1.54) is 12.1 Å². The molecule has 0 bridgehead atoms. The van der Waals surface area contributed by atoms with Crippen LogP contribution in [-0.2, 0) is 6.42 Å². The zero-order valence-corrected chi connectivity index (χ0v) is 10.8. The Kier molecular flexibility index (Phi) is 3.90. The second-order valence-electron chi connectivity index (χ2n) is 4.82. The topological polar surface area (TPSA) is 20.2 Å². The van der Waals surface area contributed by atoms with Crippen molar-refractivity contribution in [3.8, 4) is 0 Å². The van der Waals surface area contributed by atoms with E-state index in [9.17, 15) is 9.50 Å². The van der Waals surface area contributed by atoms with E-state index in [2.05, 4.69) is 15.9 Å². The van der Waals surface area contributed by atoms with Crippen LogP contribution in [-0.4, -0.2) is 11.2 Å². The van der Waals surface area contributed by atoms with Crippen LogP contribution in [0.25, 0.3) is 0 Å². The van der Waals surface area contributed by atoms with Gasteiger partial charge in [0.1, 0.15) is 5.82 Å². The highest BCUT2D eigenvalue weighted by atomic mass is 79.9. The Labute approximate surface area is 98.4 Å². The summed E-state index contributed by atoms with van der Waals surface area (Å²) in [7, 11) is 0. The number of aliphatic hydroxyl groups is 1. The summed E-state index contributed by atoms with van der Waals surface area (Å²) in [5.41, 5.74) is 0.614. The van der Waals surface area contributed by atoms with Crippen molar-refractivity contribution in [2.75, 3.05) is 0 Å². The van der Waals surface area contributed by atoms with Gasteiger partial charge in [-0.15, -0.1) is 0 Å². The number of hydrogen-bond donors (Lipinski definition) is 1.